The molecule has 0 amide bonds. The highest BCUT2D eigenvalue weighted by atomic mass is 127. The molecule has 1 aromatic rings. The maximum Gasteiger partial charge on any atom is 0.0298 e. The number of halogens is 1. The van der Waals surface area contributed by atoms with Crippen molar-refractivity contribution in [1.29, 1.82) is 0 Å². The molecule has 1 aromatic carbocycles. The lowest BCUT2D eigenvalue weighted by molar-refractivity contribution is 0.569. The van der Waals surface area contributed by atoms with E-state index < -0.39 is 0 Å². The van der Waals surface area contributed by atoms with Gasteiger partial charge in [-0.25, -0.2) is 0 Å². The van der Waals surface area contributed by atoms with Gasteiger partial charge in [-0.05, 0) is 71.5 Å². The maximum absolute atomic E-state index is 6.06. The van der Waals surface area contributed by atoms with Crippen LogP contribution >= 0.6 is 22.6 Å². The van der Waals surface area contributed by atoms with Gasteiger partial charge in [0.2, 0.25) is 0 Å². The zero-order valence-electron chi connectivity index (χ0n) is 7.81. The quantitative estimate of drug-likeness (QED) is 0.729. The topological polar surface area (TPSA) is 26.0 Å². The second-order valence-electron chi connectivity index (χ2n) is 3.80. The normalized spacial score (nSPS) is 21.3. The van der Waals surface area contributed by atoms with Crippen molar-refractivity contribution in [3.63, 3.8) is 0 Å². The van der Waals surface area contributed by atoms with Gasteiger partial charge in [0.1, 0.15) is 0 Å². The minimum Gasteiger partial charge on any atom is -0.324 e. The van der Waals surface area contributed by atoms with Crippen molar-refractivity contribution in [3.05, 3.63) is 32.4 Å². The Balaban J connectivity index is 2.52. The zero-order chi connectivity index (χ0) is 9.42. The summed E-state index contributed by atoms with van der Waals surface area (Å²) in [7, 11) is 0. The van der Waals surface area contributed by atoms with Gasteiger partial charge in [0, 0.05) is 9.61 Å². The Bertz CT molecular complexity index is 333. The number of fused-ring (bicyclic) bond motifs is 1. The molecular weight excluding hydrogens is 273 g/mol. The van der Waals surface area contributed by atoms with E-state index >= 15 is 0 Å². The van der Waals surface area contributed by atoms with Crippen molar-refractivity contribution in [3.8, 4) is 0 Å². The van der Waals surface area contributed by atoms with Crippen LogP contribution in [0.3, 0.4) is 0 Å². The summed E-state index contributed by atoms with van der Waals surface area (Å²) in [6, 6.07) is 4.84. The van der Waals surface area contributed by atoms with Gasteiger partial charge in [-0.15, -0.1) is 0 Å². The van der Waals surface area contributed by atoms with Crippen molar-refractivity contribution >= 4 is 22.6 Å². The first-order chi connectivity index (χ1) is 6.18. The summed E-state index contributed by atoms with van der Waals surface area (Å²) >= 11 is 2.38. The third-order valence-corrected chi connectivity index (χ3v) is 3.94. The van der Waals surface area contributed by atoms with Crippen LogP contribution in [0.25, 0.3) is 0 Å². The van der Waals surface area contributed by atoms with Gasteiger partial charge in [0.05, 0.1) is 0 Å². The van der Waals surface area contributed by atoms with Gasteiger partial charge < -0.3 is 5.73 Å². The standard InChI is InChI=1S/C11H14IN/c1-7-5-8-3-2-4-11(13)9(8)6-10(7)12/h5-6,11H,2-4,13H2,1H3. The van der Waals surface area contributed by atoms with E-state index in [1.54, 1.807) is 0 Å². The third-order valence-electron chi connectivity index (χ3n) is 2.78. The van der Waals surface area contributed by atoms with Crippen LogP contribution < -0.4 is 5.73 Å². The molecule has 1 aliphatic carbocycles. The van der Waals surface area contributed by atoms with Crippen molar-refractivity contribution in [2.24, 2.45) is 5.73 Å². The van der Waals surface area contributed by atoms with Crippen LogP contribution in [0, 0.1) is 10.5 Å². The van der Waals surface area contributed by atoms with Crippen molar-refractivity contribution in [2.75, 3.05) is 0 Å². The van der Waals surface area contributed by atoms with E-state index in [4.69, 9.17) is 5.73 Å². The van der Waals surface area contributed by atoms with Gasteiger partial charge >= 0.3 is 0 Å². The molecule has 1 aliphatic rings. The van der Waals surface area contributed by atoms with Crippen LogP contribution in [0.4, 0.5) is 0 Å². The van der Waals surface area contributed by atoms with Crippen LogP contribution in [0.1, 0.15) is 35.6 Å². The molecule has 0 spiro atoms. The minimum atomic E-state index is 0.276. The molecule has 2 heteroatoms. The lowest BCUT2D eigenvalue weighted by atomic mass is 9.87. The molecule has 2 N–H and O–H groups in total. The molecular formula is C11H14IN. The SMILES string of the molecule is Cc1cc2c(cc1I)C(N)CCC2. The summed E-state index contributed by atoms with van der Waals surface area (Å²) in [6.07, 6.45) is 3.60. The highest BCUT2D eigenvalue weighted by Gasteiger charge is 2.17. The number of hydrogen-bond acceptors (Lipinski definition) is 1. The van der Waals surface area contributed by atoms with Crippen molar-refractivity contribution in [1.82, 2.24) is 0 Å². The van der Waals surface area contributed by atoms with Gasteiger partial charge in [-0.2, -0.15) is 0 Å². The smallest absolute Gasteiger partial charge is 0.0298 e. The number of aryl methyl sites for hydroxylation is 2. The average Bonchev–Trinajstić information content (AvgIpc) is 2.09. The van der Waals surface area contributed by atoms with Crippen LogP contribution in [0.2, 0.25) is 0 Å². The minimum absolute atomic E-state index is 0.276. The highest BCUT2D eigenvalue weighted by Crippen LogP contribution is 2.30. The molecule has 0 saturated heterocycles. The summed E-state index contributed by atoms with van der Waals surface area (Å²) in [4.78, 5) is 0. The summed E-state index contributed by atoms with van der Waals surface area (Å²) in [5, 5.41) is 0. The first-order valence-electron chi connectivity index (χ1n) is 4.73. The Morgan fingerprint density at radius 1 is 1.46 bits per heavy atom. The molecule has 70 valence electrons. The van der Waals surface area contributed by atoms with Crippen molar-refractivity contribution < 1.29 is 0 Å². The van der Waals surface area contributed by atoms with Crippen LogP contribution in [0.5, 0.6) is 0 Å². The Labute approximate surface area is 92.9 Å². The largest absolute Gasteiger partial charge is 0.324 e. The first-order valence-corrected chi connectivity index (χ1v) is 5.81. The molecule has 0 heterocycles. The van der Waals surface area contributed by atoms with E-state index in [1.165, 1.54) is 33.1 Å². The monoisotopic (exact) mass is 287 g/mol. The first kappa shape index (κ1) is 9.46. The Morgan fingerprint density at radius 3 is 3.00 bits per heavy atom. The van der Waals surface area contributed by atoms with Gasteiger partial charge in [-0.3, -0.25) is 0 Å². The van der Waals surface area contributed by atoms with E-state index in [0.717, 1.165) is 6.42 Å². The summed E-state index contributed by atoms with van der Waals surface area (Å²) in [6.45, 7) is 2.17. The summed E-state index contributed by atoms with van der Waals surface area (Å²) < 4.78 is 1.34. The van der Waals surface area contributed by atoms with E-state index in [0.29, 0.717) is 0 Å². The number of rotatable bonds is 0. The molecule has 1 nitrogen and oxygen atoms in total. The molecule has 0 aromatic heterocycles. The second-order valence-corrected chi connectivity index (χ2v) is 4.96. The molecule has 0 fully saturated rings. The Hall–Kier alpha value is -0.0900. The van der Waals surface area contributed by atoms with E-state index in [1.807, 2.05) is 0 Å². The Morgan fingerprint density at radius 2 is 2.23 bits per heavy atom. The fraction of sp³-hybridized carbons (Fsp3) is 0.455. The Kier molecular flexibility index (Phi) is 2.60. The van der Waals surface area contributed by atoms with Gasteiger partial charge in [-0.1, -0.05) is 6.07 Å². The molecule has 0 aliphatic heterocycles. The fourth-order valence-corrected chi connectivity index (χ4v) is 2.48. The predicted octanol–water partition coefficient (Wildman–Crippen LogP) is 2.94. The zero-order valence-corrected chi connectivity index (χ0v) is 9.97. The van der Waals surface area contributed by atoms with E-state index in [-0.39, 0.29) is 6.04 Å². The fourth-order valence-electron chi connectivity index (χ4n) is 1.99. The van der Waals surface area contributed by atoms with E-state index in [9.17, 15) is 0 Å². The number of hydrogen-bond donors (Lipinski definition) is 1. The van der Waals surface area contributed by atoms with Gasteiger partial charge in [0.25, 0.3) is 0 Å². The molecule has 0 saturated carbocycles. The average molecular weight is 287 g/mol. The molecule has 1 unspecified atom stereocenters. The maximum atomic E-state index is 6.06. The van der Waals surface area contributed by atoms with E-state index in [2.05, 4.69) is 41.6 Å². The number of nitrogens with two attached hydrogens (primary N) is 1. The van der Waals surface area contributed by atoms with Crippen molar-refractivity contribution in [2.45, 2.75) is 32.2 Å². The third kappa shape index (κ3) is 1.74. The number of benzene rings is 1. The van der Waals surface area contributed by atoms with Crippen LogP contribution in [0.15, 0.2) is 12.1 Å². The molecule has 2 rings (SSSR count). The predicted molar refractivity (Wildman–Crippen MR) is 63.8 cm³/mol. The molecule has 1 atom stereocenters. The lowest BCUT2D eigenvalue weighted by Gasteiger charge is -2.23. The summed E-state index contributed by atoms with van der Waals surface area (Å²) in [5.74, 6) is 0. The van der Waals surface area contributed by atoms with Crippen LogP contribution in [-0.2, 0) is 6.42 Å². The summed E-state index contributed by atoms with van der Waals surface area (Å²) in [5.41, 5.74) is 10.3. The molecule has 0 bridgehead atoms. The van der Waals surface area contributed by atoms with Crippen LogP contribution in [-0.4, -0.2) is 0 Å². The highest BCUT2D eigenvalue weighted by molar-refractivity contribution is 14.1. The lowest BCUT2D eigenvalue weighted by Crippen LogP contribution is -2.17. The molecule has 13 heavy (non-hydrogen) atoms. The molecule has 0 radical (unpaired) electrons. The van der Waals surface area contributed by atoms with Gasteiger partial charge in [0.15, 0.2) is 0 Å². The second kappa shape index (κ2) is 3.58.